The number of amides is 1. The Bertz CT molecular complexity index is 535. The molecule has 0 unspecified atom stereocenters. The summed E-state index contributed by atoms with van der Waals surface area (Å²) >= 11 is 3.36. The van der Waals surface area contributed by atoms with E-state index in [-0.39, 0.29) is 11.5 Å². The van der Waals surface area contributed by atoms with Crippen LogP contribution in [0.4, 0.5) is 4.79 Å². The third kappa shape index (κ3) is 2.96. The van der Waals surface area contributed by atoms with E-state index in [0.29, 0.717) is 11.2 Å². The molecule has 21 heavy (non-hydrogen) atoms. The standard InChI is InChI=1S/C15H21BrN2O3/c1-14(2,3)20-13(19)18-8-15(9-18)5-10(6-15)12-4-11(7-16)21-17-12/h4,10H,5-9H2,1-3H3. The van der Waals surface area contributed by atoms with E-state index in [1.807, 2.05) is 26.8 Å². The van der Waals surface area contributed by atoms with Crippen LogP contribution < -0.4 is 0 Å². The van der Waals surface area contributed by atoms with Crippen LogP contribution in [-0.2, 0) is 10.1 Å². The summed E-state index contributed by atoms with van der Waals surface area (Å²) in [4.78, 5) is 13.7. The van der Waals surface area contributed by atoms with Crippen molar-refractivity contribution < 1.29 is 14.1 Å². The molecule has 1 amide bonds. The normalized spacial score (nSPS) is 21.0. The Hall–Kier alpha value is -1.04. The number of ether oxygens (including phenoxy) is 1. The summed E-state index contributed by atoms with van der Waals surface area (Å²) in [6.45, 7) is 7.30. The maximum atomic E-state index is 11.9. The van der Waals surface area contributed by atoms with E-state index >= 15 is 0 Å². The Morgan fingerprint density at radius 3 is 2.71 bits per heavy atom. The maximum Gasteiger partial charge on any atom is 0.410 e. The second-order valence-corrected chi connectivity index (χ2v) is 7.85. The predicted molar refractivity (Wildman–Crippen MR) is 81.3 cm³/mol. The molecule has 2 heterocycles. The van der Waals surface area contributed by atoms with Crippen LogP contribution in [-0.4, -0.2) is 34.8 Å². The highest BCUT2D eigenvalue weighted by atomic mass is 79.9. The monoisotopic (exact) mass is 356 g/mol. The molecule has 1 saturated heterocycles. The second kappa shape index (κ2) is 5.00. The number of aromatic nitrogens is 1. The molecule has 0 bridgehead atoms. The molecular weight excluding hydrogens is 336 g/mol. The number of likely N-dealkylation sites (tertiary alicyclic amines) is 1. The first kappa shape index (κ1) is 14.9. The molecule has 0 radical (unpaired) electrons. The average Bonchev–Trinajstić information content (AvgIpc) is 2.71. The van der Waals surface area contributed by atoms with Crippen molar-refractivity contribution in [2.45, 2.75) is 50.5 Å². The average molecular weight is 357 g/mol. The van der Waals surface area contributed by atoms with Crippen LogP contribution in [0, 0.1) is 5.41 Å². The lowest BCUT2D eigenvalue weighted by Gasteiger charge is -2.58. The summed E-state index contributed by atoms with van der Waals surface area (Å²) in [7, 11) is 0. The van der Waals surface area contributed by atoms with Gasteiger partial charge in [0.05, 0.1) is 11.0 Å². The van der Waals surface area contributed by atoms with E-state index in [1.54, 1.807) is 4.90 Å². The topological polar surface area (TPSA) is 55.6 Å². The van der Waals surface area contributed by atoms with Crippen molar-refractivity contribution >= 4 is 22.0 Å². The van der Waals surface area contributed by atoms with Gasteiger partial charge in [-0.05, 0) is 33.6 Å². The minimum Gasteiger partial charge on any atom is -0.444 e. The number of carbonyl (C=O) groups excluding carboxylic acids is 1. The molecule has 1 spiro atoms. The van der Waals surface area contributed by atoms with Gasteiger partial charge in [0.2, 0.25) is 0 Å². The molecule has 1 aliphatic carbocycles. The highest BCUT2D eigenvalue weighted by Gasteiger charge is 2.55. The summed E-state index contributed by atoms with van der Waals surface area (Å²) in [6.07, 6.45) is 1.97. The number of hydrogen-bond acceptors (Lipinski definition) is 4. The summed E-state index contributed by atoms with van der Waals surface area (Å²) in [6, 6.07) is 2.02. The fourth-order valence-corrected chi connectivity index (χ4v) is 3.52. The van der Waals surface area contributed by atoms with E-state index in [0.717, 1.165) is 37.4 Å². The zero-order chi connectivity index (χ0) is 15.3. The van der Waals surface area contributed by atoms with E-state index in [4.69, 9.17) is 9.26 Å². The van der Waals surface area contributed by atoms with Gasteiger partial charge in [-0.3, -0.25) is 0 Å². The van der Waals surface area contributed by atoms with Crippen LogP contribution in [0.3, 0.4) is 0 Å². The maximum absolute atomic E-state index is 11.9. The molecular formula is C15H21BrN2O3. The minimum atomic E-state index is -0.422. The van der Waals surface area contributed by atoms with Gasteiger partial charge in [-0.2, -0.15) is 0 Å². The van der Waals surface area contributed by atoms with E-state index in [2.05, 4.69) is 21.1 Å². The van der Waals surface area contributed by atoms with Gasteiger partial charge in [-0.15, -0.1) is 0 Å². The van der Waals surface area contributed by atoms with Crippen molar-refractivity contribution in [1.29, 1.82) is 0 Å². The fraction of sp³-hybridized carbons (Fsp3) is 0.733. The van der Waals surface area contributed by atoms with Crippen LogP contribution in [0.25, 0.3) is 0 Å². The van der Waals surface area contributed by atoms with Crippen molar-refractivity contribution in [3.05, 3.63) is 17.5 Å². The van der Waals surface area contributed by atoms with Gasteiger partial charge in [-0.25, -0.2) is 4.79 Å². The summed E-state index contributed by atoms with van der Waals surface area (Å²) in [5, 5.41) is 4.82. The van der Waals surface area contributed by atoms with Crippen molar-refractivity contribution in [2.24, 2.45) is 5.41 Å². The molecule has 0 aromatic carbocycles. The molecule has 0 atom stereocenters. The molecule has 3 rings (SSSR count). The predicted octanol–water partition coefficient (Wildman–Crippen LogP) is 3.68. The summed E-state index contributed by atoms with van der Waals surface area (Å²) in [5.74, 6) is 1.34. The zero-order valence-corrected chi connectivity index (χ0v) is 14.3. The lowest BCUT2D eigenvalue weighted by Crippen LogP contribution is -2.63. The summed E-state index contributed by atoms with van der Waals surface area (Å²) < 4.78 is 10.6. The number of rotatable bonds is 2. The van der Waals surface area contributed by atoms with Gasteiger partial charge in [0, 0.05) is 30.5 Å². The van der Waals surface area contributed by atoms with E-state index in [1.165, 1.54) is 0 Å². The number of alkyl halides is 1. The second-order valence-electron chi connectivity index (χ2n) is 7.29. The molecule has 1 aromatic rings. The Morgan fingerprint density at radius 2 is 2.19 bits per heavy atom. The highest BCUT2D eigenvalue weighted by Crippen LogP contribution is 2.56. The Kier molecular flexibility index (Phi) is 3.55. The van der Waals surface area contributed by atoms with E-state index < -0.39 is 5.60 Å². The number of halogens is 1. The molecule has 1 aliphatic heterocycles. The van der Waals surface area contributed by atoms with Gasteiger partial charge < -0.3 is 14.2 Å². The molecule has 116 valence electrons. The van der Waals surface area contributed by atoms with Crippen LogP contribution in [0.1, 0.15) is 51.0 Å². The van der Waals surface area contributed by atoms with Gasteiger partial charge >= 0.3 is 6.09 Å². The van der Waals surface area contributed by atoms with Crippen LogP contribution in [0.2, 0.25) is 0 Å². The van der Waals surface area contributed by atoms with E-state index in [9.17, 15) is 4.79 Å². The lowest BCUT2D eigenvalue weighted by atomic mass is 9.57. The highest BCUT2D eigenvalue weighted by molar-refractivity contribution is 9.08. The van der Waals surface area contributed by atoms with Crippen molar-refractivity contribution in [3.63, 3.8) is 0 Å². The minimum absolute atomic E-state index is 0.195. The molecule has 6 heteroatoms. The molecule has 1 aromatic heterocycles. The molecule has 2 aliphatic rings. The molecule has 5 nitrogen and oxygen atoms in total. The van der Waals surface area contributed by atoms with Crippen molar-refractivity contribution in [1.82, 2.24) is 10.1 Å². The van der Waals surface area contributed by atoms with Crippen LogP contribution in [0.5, 0.6) is 0 Å². The van der Waals surface area contributed by atoms with Gasteiger partial charge in [-0.1, -0.05) is 21.1 Å². The van der Waals surface area contributed by atoms with Gasteiger partial charge in [0.1, 0.15) is 11.4 Å². The fourth-order valence-electron chi connectivity index (χ4n) is 3.26. The Morgan fingerprint density at radius 1 is 1.52 bits per heavy atom. The van der Waals surface area contributed by atoms with Crippen molar-refractivity contribution in [2.75, 3.05) is 13.1 Å². The first-order valence-electron chi connectivity index (χ1n) is 7.30. The SMILES string of the molecule is CC(C)(C)OC(=O)N1CC2(CC(c3cc(CBr)on3)C2)C1. The quantitative estimate of drug-likeness (QED) is 0.758. The number of carbonyl (C=O) groups is 1. The van der Waals surface area contributed by atoms with Gasteiger partial charge in [0.25, 0.3) is 0 Å². The first-order valence-corrected chi connectivity index (χ1v) is 8.42. The number of nitrogens with zero attached hydrogens (tertiary/aromatic N) is 2. The zero-order valence-electron chi connectivity index (χ0n) is 12.7. The Labute approximate surface area is 133 Å². The first-order chi connectivity index (χ1) is 9.80. The van der Waals surface area contributed by atoms with Crippen LogP contribution >= 0.6 is 15.9 Å². The smallest absolute Gasteiger partial charge is 0.410 e. The third-order valence-corrected chi connectivity index (χ3v) is 4.74. The molecule has 0 N–H and O–H groups in total. The van der Waals surface area contributed by atoms with Gasteiger partial charge in [0.15, 0.2) is 0 Å². The van der Waals surface area contributed by atoms with Crippen molar-refractivity contribution in [3.8, 4) is 0 Å². The Balaban J connectivity index is 1.48. The number of hydrogen-bond donors (Lipinski definition) is 0. The third-order valence-electron chi connectivity index (χ3n) is 4.19. The molecule has 1 saturated carbocycles. The summed E-state index contributed by atoms with van der Waals surface area (Å²) in [5.41, 5.74) is 0.912. The molecule has 2 fully saturated rings. The van der Waals surface area contributed by atoms with Crippen LogP contribution in [0.15, 0.2) is 10.6 Å². The lowest BCUT2D eigenvalue weighted by molar-refractivity contribution is -0.0794. The largest absolute Gasteiger partial charge is 0.444 e.